The molecule has 32 heavy (non-hydrogen) atoms. The number of thioether (sulfide) groups is 1. The Morgan fingerprint density at radius 1 is 1.09 bits per heavy atom. The number of hydrogen-bond donors (Lipinski definition) is 0. The Labute approximate surface area is 193 Å². The fourth-order valence-electron chi connectivity index (χ4n) is 3.10. The van der Waals surface area contributed by atoms with Crippen molar-refractivity contribution < 1.29 is 17.9 Å². The Hall–Kier alpha value is -2.84. The number of aromatic nitrogens is 1. The highest BCUT2D eigenvalue weighted by Gasteiger charge is 2.19. The number of benzene rings is 2. The lowest BCUT2D eigenvalue weighted by atomic mass is 10.2. The van der Waals surface area contributed by atoms with Crippen LogP contribution >= 0.6 is 11.8 Å². The molecule has 0 unspecified atom stereocenters. The van der Waals surface area contributed by atoms with Crippen molar-refractivity contribution in [3.05, 3.63) is 83.6 Å². The van der Waals surface area contributed by atoms with Crippen molar-refractivity contribution in [2.45, 2.75) is 23.4 Å². The number of ether oxygens (including phenoxy) is 1. The van der Waals surface area contributed by atoms with Crippen LogP contribution in [0, 0.1) is 6.92 Å². The molecule has 0 aliphatic rings. The summed E-state index contributed by atoms with van der Waals surface area (Å²) in [5, 5.41) is 0.522. The molecule has 0 bridgehead atoms. The number of sulfone groups is 1. The van der Waals surface area contributed by atoms with Crippen LogP contribution in [0.3, 0.4) is 0 Å². The largest absolute Gasteiger partial charge is 0.497 e. The van der Waals surface area contributed by atoms with Gasteiger partial charge in [0.15, 0.2) is 9.84 Å². The van der Waals surface area contributed by atoms with Crippen molar-refractivity contribution in [1.29, 1.82) is 0 Å². The van der Waals surface area contributed by atoms with E-state index < -0.39 is 9.84 Å². The highest BCUT2D eigenvalue weighted by molar-refractivity contribution is 8.00. The first-order chi connectivity index (χ1) is 15.3. The van der Waals surface area contributed by atoms with Gasteiger partial charge in [-0.2, -0.15) is 0 Å². The van der Waals surface area contributed by atoms with Gasteiger partial charge in [-0.25, -0.2) is 13.4 Å². The van der Waals surface area contributed by atoms with Crippen LogP contribution in [0.25, 0.3) is 0 Å². The molecule has 3 rings (SSSR count). The summed E-state index contributed by atoms with van der Waals surface area (Å²) in [4.78, 5) is 19.3. The predicted molar refractivity (Wildman–Crippen MR) is 127 cm³/mol. The SMILES string of the molecule is COc1cccc(CN(C)C(=O)c2cccnc2SCCS(=O)(=O)c2ccc(C)cc2)c1. The van der Waals surface area contributed by atoms with Crippen LogP contribution in [0.2, 0.25) is 0 Å². The lowest BCUT2D eigenvalue weighted by molar-refractivity contribution is 0.0780. The van der Waals surface area contributed by atoms with Crippen molar-refractivity contribution in [3.63, 3.8) is 0 Å². The number of carbonyl (C=O) groups is 1. The lowest BCUT2D eigenvalue weighted by Gasteiger charge is -2.19. The van der Waals surface area contributed by atoms with Gasteiger partial charge < -0.3 is 9.64 Å². The van der Waals surface area contributed by atoms with E-state index in [9.17, 15) is 13.2 Å². The van der Waals surface area contributed by atoms with Crippen LogP contribution in [0.5, 0.6) is 5.75 Å². The first kappa shape index (κ1) is 23.8. The molecule has 3 aromatic rings. The molecule has 8 heteroatoms. The summed E-state index contributed by atoms with van der Waals surface area (Å²) in [6.07, 6.45) is 1.61. The number of methoxy groups -OCH3 is 1. The highest BCUT2D eigenvalue weighted by atomic mass is 32.2. The first-order valence-corrected chi connectivity index (χ1v) is 12.7. The first-order valence-electron chi connectivity index (χ1n) is 10.1. The Morgan fingerprint density at radius 2 is 1.84 bits per heavy atom. The topological polar surface area (TPSA) is 76.6 Å². The molecule has 0 atom stereocenters. The van der Waals surface area contributed by atoms with E-state index in [-0.39, 0.29) is 11.7 Å². The van der Waals surface area contributed by atoms with Gasteiger partial charge in [0.1, 0.15) is 10.8 Å². The number of carbonyl (C=O) groups excluding carboxylic acids is 1. The van der Waals surface area contributed by atoms with Crippen LogP contribution in [0.15, 0.2) is 76.8 Å². The molecule has 0 saturated carbocycles. The molecule has 2 aromatic carbocycles. The second-order valence-electron chi connectivity index (χ2n) is 7.35. The molecule has 1 aromatic heterocycles. The van der Waals surface area contributed by atoms with Gasteiger partial charge in [0, 0.05) is 25.5 Å². The highest BCUT2D eigenvalue weighted by Crippen LogP contribution is 2.24. The molecular weight excluding hydrogens is 444 g/mol. The van der Waals surface area contributed by atoms with E-state index in [4.69, 9.17) is 4.74 Å². The normalized spacial score (nSPS) is 11.2. The fourth-order valence-corrected chi connectivity index (χ4v) is 5.74. The molecular formula is C24H26N2O4S2. The van der Waals surface area contributed by atoms with E-state index >= 15 is 0 Å². The molecule has 6 nitrogen and oxygen atoms in total. The van der Waals surface area contributed by atoms with Crippen molar-refractivity contribution >= 4 is 27.5 Å². The van der Waals surface area contributed by atoms with Gasteiger partial charge in [0.05, 0.1) is 23.3 Å². The second kappa shape index (κ2) is 10.7. The van der Waals surface area contributed by atoms with Crippen LogP contribution in [-0.2, 0) is 16.4 Å². The lowest BCUT2D eigenvalue weighted by Crippen LogP contribution is -2.27. The molecule has 0 radical (unpaired) electrons. The smallest absolute Gasteiger partial charge is 0.256 e. The van der Waals surface area contributed by atoms with Gasteiger partial charge >= 0.3 is 0 Å². The van der Waals surface area contributed by atoms with Gasteiger partial charge in [0.2, 0.25) is 0 Å². The van der Waals surface area contributed by atoms with Crippen LogP contribution in [0.1, 0.15) is 21.5 Å². The van der Waals surface area contributed by atoms with E-state index in [1.165, 1.54) is 11.8 Å². The molecule has 168 valence electrons. The molecule has 1 heterocycles. The monoisotopic (exact) mass is 470 g/mol. The van der Waals surface area contributed by atoms with Gasteiger partial charge in [0.25, 0.3) is 5.91 Å². The van der Waals surface area contributed by atoms with E-state index in [1.807, 2.05) is 31.2 Å². The number of amides is 1. The maximum atomic E-state index is 13.1. The summed E-state index contributed by atoms with van der Waals surface area (Å²) in [7, 11) is -0.0691. The number of hydrogen-bond acceptors (Lipinski definition) is 6. The molecule has 0 aliphatic carbocycles. The maximum absolute atomic E-state index is 13.1. The molecule has 0 N–H and O–H groups in total. The van der Waals surface area contributed by atoms with Gasteiger partial charge in [-0.3, -0.25) is 4.79 Å². The third-order valence-corrected chi connectivity index (χ3v) is 7.87. The average Bonchev–Trinajstić information content (AvgIpc) is 2.79. The Bertz CT molecular complexity index is 1180. The predicted octanol–water partition coefficient (Wildman–Crippen LogP) is 4.24. The Balaban J connectivity index is 1.67. The van der Waals surface area contributed by atoms with Crippen LogP contribution in [0.4, 0.5) is 0 Å². The maximum Gasteiger partial charge on any atom is 0.256 e. The van der Waals surface area contributed by atoms with Gasteiger partial charge in [-0.15, -0.1) is 11.8 Å². The van der Waals surface area contributed by atoms with Crippen LogP contribution < -0.4 is 4.74 Å². The summed E-state index contributed by atoms with van der Waals surface area (Å²) in [6.45, 7) is 2.33. The summed E-state index contributed by atoms with van der Waals surface area (Å²) in [5.74, 6) is 0.818. The van der Waals surface area contributed by atoms with Crippen molar-refractivity contribution in [3.8, 4) is 5.75 Å². The van der Waals surface area contributed by atoms with E-state index in [2.05, 4.69) is 4.98 Å². The minimum atomic E-state index is -3.40. The standard InChI is InChI=1S/C24H26N2O4S2/c1-18-9-11-21(12-10-18)32(28,29)15-14-31-23-22(8-5-13-25-23)24(27)26(2)17-19-6-4-7-20(16-19)30-3/h4-13,16H,14-15,17H2,1-3H3. The summed E-state index contributed by atoms with van der Waals surface area (Å²) in [5.41, 5.74) is 2.41. The van der Waals surface area contributed by atoms with Crippen molar-refractivity contribution in [1.82, 2.24) is 9.88 Å². The second-order valence-corrected chi connectivity index (χ2v) is 10.5. The molecule has 0 aliphatic heterocycles. The Kier molecular flexibility index (Phi) is 7.93. The minimum Gasteiger partial charge on any atom is -0.497 e. The molecule has 1 amide bonds. The third kappa shape index (κ3) is 6.11. The van der Waals surface area contributed by atoms with Gasteiger partial charge in [-0.1, -0.05) is 29.8 Å². The van der Waals surface area contributed by atoms with E-state index in [0.29, 0.717) is 27.8 Å². The number of rotatable bonds is 9. The zero-order chi connectivity index (χ0) is 23.1. The zero-order valence-corrected chi connectivity index (χ0v) is 19.9. The average molecular weight is 471 g/mol. The quantitative estimate of drug-likeness (QED) is 0.436. The number of pyridine rings is 1. The van der Waals surface area contributed by atoms with Gasteiger partial charge in [-0.05, 0) is 48.9 Å². The minimum absolute atomic E-state index is 0.0371. The summed E-state index contributed by atoms with van der Waals surface area (Å²) >= 11 is 1.27. The van der Waals surface area contributed by atoms with E-state index in [0.717, 1.165) is 16.9 Å². The molecule has 0 fully saturated rings. The summed E-state index contributed by atoms with van der Waals surface area (Å²) in [6, 6.07) is 17.8. The number of aryl methyl sites for hydroxylation is 1. The zero-order valence-electron chi connectivity index (χ0n) is 18.3. The van der Waals surface area contributed by atoms with Crippen LogP contribution in [-0.4, -0.2) is 49.9 Å². The molecule has 0 saturated heterocycles. The third-order valence-electron chi connectivity index (χ3n) is 4.87. The fraction of sp³-hybridized carbons (Fsp3) is 0.250. The van der Waals surface area contributed by atoms with Crippen molar-refractivity contribution in [2.24, 2.45) is 0 Å². The van der Waals surface area contributed by atoms with Crippen molar-refractivity contribution in [2.75, 3.05) is 25.7 Å². The Morgan fingerprint density at radius 3 is 2.56 bits per heavy atom. The summed E-state index contributed by atoms with van der Waals surface area (Å²) < 4.78 is 30.4. The number of nitrogens with zero attached hydrogens (tertiary/aromatic N) is 2. The van der Waals surface area contributed by atoms with E-state index in [1.54, 1.807) is 61.7 Å². The molecule has 0 spiro atoms.